The van der Waals surface area contributed by atoms with E-state index < -0.39 is 10.0 Å². The molecule has 0 saturated carbocycles. The van der Waals surface area contributed by atoms with Crippen molar-refractivity contribution < 1.29 is 13.2 Å². The summed E-state index contributed by atoms with van der Waals surface area (Å²) in [5.74, 6) is 0. The Bertz CT molecular complexity index is 867. The third kappa shape index (κ3) is 5.59. The maximum absolute atomic E-state index is 12.4. The Balaban J connectivity index is 1.50. The summed E-state index contributed by atoms with van der Waals surface area (Å²) in [6, 6.07) is 12.8. The highest BCUT2D eigenvalue weighted by molar-refractivity contribution is 7.89. The van der Waals surface area contributed by atoms with E-state index in [0.29, 0.717) is 18.0 Å². The quantitative estimate of drug-likeness (QED) is 0.682. The van der Waals surface area contributed by atoms with Gasteiger partial charge in [-0.15, -0.1) is 0 Å². The first-order chi connectivity index (χ1) is 13.0. The number of benzene rings is 2. The number of nitrogens with zero attached hydrogens (tertiary/aromatic N) is 1. The van der Waals surface area contributed by atoms with E-state index in [1.165, 1.54) is 23.4 Å². The highest BCUT2D eigenvalue weighted by atomic mass is 35.5. The van der Waals surface area contributed by atoms with Crippen molar-refractivity contribution in [1.82, 2.24) is 4.72 Å². The van der Waals surface area contributed by atoms with Crippen molar-refractivity contribution in [2.24, 2.45) is 0 Å². The fourth-order valence-corrected chi connectivity index (χ4v) is 4.79. The summed E-state index contributed by atoms with van der Waals surface area (Å²) in [7, 11) is -3.67. The van der Waals surface area contributed by atoms with Crippen molar-refractivity contribution in [3.63, 3.8) is 0 Å². The van der Waals surface area contributed by atoms with Crippen LogP contribution in [0.5, 0.6) is 0 Å². The van der Waals surface area contributed by atoms with Gasteiger partial charge in [0.2, 0.25) is 10.0 Å². The third-order valence-electron chi connectivity index (χ3n) is 4.43. The summed E-state index contributed by atoms with van der Waals surface area (Å²) in [5, 5.41) is 0.491. The Morgan fingerprint density at radius 1 is 1.04 bits per heavy atom. The van der Waals surface area contributed by atoms with Gasteiger partial charge in [0.05, 0.1) is 18.2 Å². The van der Waals surface area contributed by atoms with Crippen LogP contribution in [-0.2, 0) is 21.2 Å². The number of rotatable bonds is 7. The zero-order chi connectivity index (χ0) is 19.3. The molecule has 0 spiro atoms. The van der Waals surface area contributed by atoms with Gasteiger partial charge in [0.15, 0.2) is 0 Å². The largest absolute Gasteiger partial charge is 0.378 e. The molecule has 1 aliphatic rings. The number of hydrogen-bond acceptors (Lipinski definition) is 4. The lowest BCUT2D eigenvalue weighted by Gasteiger charge is -2.28. The predicted molar refractivity (Wildman–Crippen MR) is 109 cm³/mol. The SMILES string of the molecule is O=S(=O)(NCCCc1ccc(N2CCOCC2)cc1)c1cc(Cl)ccc1Cl. The van der Waals surface area contributed by atoms with Crippen LogP contribution in [0.25, 0.3) is 0 Å². The molecule has 0 atom stereocenters. The number of aryl methyl sites for hydroxylation is 1. The normalized spacial score (nSPS) is 15.1. The molecule has 0 radical (unpaired) electrons. The monoisotopic (exact) mass is 428 g/mol. The Labute approximate surface area is 170 Å². The molecule has 0 bridgehead atoms. The molecule has 3 rings (SSSR count). The van der Waals surface area contributed by atoms with E-state index in [2.05, 4.69) is 33.9 Å². The average molecular weight is 429 g/mol. The molecule has 8 heteroatoms. The van der Waals surface area contributed by atoms with E-state index in [4.69, 9.17) is 27.9 Å². The molecule has 1 fully saturated rings. The van der Waals surface area contributed by atoms with Crippen molar-refractivity contribution in [3.05, 3.63) is 58.1 Å². The molecule has 2 aromatic rings. The number of anilines is 1. The first kappa shape index (κ1) is 20.4. The molecular weight excluding hydrogens is 407 g/mol. The van der Waals surface area contributed by atoms with Gasteiger partial charge >= 0.3 is 0 Å². The standard InChI is InChI=1S/C19H22Cl2N2O3S/c20-16-5-8-18(21)19(14-16)27(24,25)22-9-1-2-15-3-6-17(7-4-15)23-10-12-26-13-11-23/h3-8,14,22H,1-2,9-13H2. The van der Waals surface area contributed by atoms with E-state index >= 15 is 0 Å². The van der Waals surface area contributed by atoms with Crippen LogP contribution in [0.4, 0.5) is 5.69 Å². The second-order valence-electron chi connectivity index (χ2n) is 6.34. The first-order valence-electron chi connectivity index (χ1n) is 8.82. The zero-order valence-corrected chi connectivity index (χ0v) is 17.2. The number of sulfonamides is 1. The van der Waals surface area contributed by atoms with Crippen LogP contribution in [0.15, 0.2) is 47.4 Å². The zero-order valence-electron chi connectivity index (χ0n) is 14.8. The van der Waals surface area contributed by atoms with E-state index in [-0.39, 0.29) is 9.92 Å². The van der Waals surface area contributed by atoms with Gasteiger partial charge in [-0.05, 0) is 48.7 Å². The summed E-state index contributed by atoms with van der Waals surface area (Å²) in [6.45, 7) is 3.67. The average Bonchev–Trinajstić information content (AvgIpc) is 2.68. The molecular formula is C19H22Cl2N2O3S. The van der Waals surface area contributed by atoms with E-state index in [9.17, 15) is 8.42 Å². The molecule has 146 valence electrons. The molecule has 0 amide bonds. The highest BCUT2D eigenvalue weighted by Gasteiger charge is 2.17. The lowest BCUT2D eigenvalue weighted by molar-refractivity contribution is 0.122. The summed E-state index contributed by atoms with van der Waals surface area (Å²) in [4.78, 5) is 2.31. The minimum absolute atomic E-state index is 0.00605. The van der Waals surface area contributed by atoms with Crippen LogP contribution in [0.3, 0.4) is 0 Å². The molecule has 0 unspecified atom stereocenters. The molecule has 1 heterocycles. The van der Waals surface area contributed by atoms with Crippen molar-refractivity contribution in [1.29, 1.82) is 0 Å². The number of morpholine rings is 1. The van der Waals surface area contributed by atoms with Crippen molar-refractivity contribution in [2.45, 2.75) is 17.7 Å². The molecule has 0 aromatic heterocycles. The summed E-state index contributed by atoms with van der Waals surface area (Å²) >= 11 is 11.9. The first-order valence-corrected chi connectivity index (χ1v) is 11.1. The second-order valence-corrected chi connectivity index (χ2v) is 8.92. The fraction of sp³-hybridized carbons (Fsp3) is 0.368. The topological polar surface area (TPSA) is 58.6 Å². The van der Waals surface area contributed by atoms with Gasteiger partial charge in [0.25, 0.3) is 0 Å². The number of ether oxygens (including phenoxy) is 1. The van der Waals surface area contributed by atoms with Gasteiger partial charge in [-0.25, -0.2) is 13.1 Å². The van der Waals surface area contributed by atoms with E-state index in [1.807, 2.05) is 0 Å². The van der Waals surface area contributed by atoms with Crippen LogP contribution < -0.4 is 9.62 Å². The van der Waals surface area contributed by atoms with Crippen LogP contribution in [0, 0.1) is 0 Å². The van der Waals surface area contributed by atoms with Crippen LogP contribution in [0.1, 0.15) is 12.0 Å². The van der Waals surface area contributed by atoms with Gasteiger partial charge in [0, 0.05) is 30.3 Å². The Morgan fingerprint density at radius 2 is 1.74 bits per heavy atom. The number of nitrogens with one attached hydrogen (secondary N) is 1. The summed E-state index contributed by atoms with van der Waals surface area (Å²) in [5.41, 5.74) is 2.37. The minimum atomic E-state index is -3.67. The maximum atomic E-state index is 12.4. The van der Waals surface area contributed by atoms with Gasteiger partial charge < -0.3 is 9.64 Å². The van der Waals surface area contributed by atoms with Crippen molar-refractivity contribution in [2.75, 3.05) is 37.7 Å². The molecule has 1 N–H and O–H groups in total. The molecule has 1 aliphatic heterocycles. The highest BCUT2D eigenvalue weighted by Crippen LogP contribution is 2.24. The second kappa shape index (κ2) is 9.26. The summed E-state index contributed by atoms with van der Waals surface area (Å²) in [6.07, 6.45) is 1.48. The smallest absolute Gasteiger partial charge is 0.242 e. The van der Waals surface area contributed by atoms with Gasteiger partial charge in [-0.2, -0.15) is 0 Å². The maximum Gasteiger partial charge on any atom is 0.242 e. The van der Waals surface area contributed by atoms with E-state index in [0.717, 1.165) is 32.7 Å². The Hall–Kier alpha value is -1.31. The minimum Gasteiger partial charge on any atom is -0.378 e. The van der Waals surface area contributed by atoms with Crippen molar-refractivity contribution >= 4 is 38.9 Å². The van der Waals surface area contributed by atoms with Gasteiger partial charge in [-0.3, -0.25) is 0 Å². The lowest BCUT2D eigenvalue weighted by Crippen LogP contribution is -2.36. The van der Waals surface area contributed by atoms with Gasteiger partial charge in [-0.1, -0.05) is 35.3 Å². The summed E-state index contributed by atoms with van der Waals surface area (Å²) < 4.78 is 32.7. The Kier molecular flexibility index (Phi) is 7.00. The lowest BCUT2D eigenvalue weighted by atomic mass is 10.1. The van der Waals surface area contributed by atoms with Crippen LogP contribution in [-0.4, -0.2) is 41.3 Å². The molecule has 0 aliphatic carbocycles. The molecule has 2 aromatic carbocycles. The van der Waals surface area contributed by atoms with Crippen LogP contribution >= 0.6 is 23.2 Å². The molecule has 5 nitrogen and oxygen atoms in total. The fourth-order valence-electron chi connectivity index (χ4n) is 2.95. The molecule has 27 heavy (non-hydrogen) atoms. The van der Waals surface area contributed by atoms with Crippen molar-refractivity contribution in [3.8, 4) is 0 Å². The van der Waals surface area contributed by atoms with Gasteiger partial charge in [0.1, 0.15) is 4.90 Å². The Morgan fingerprint density at radius 3 is 2.44 bits per heavy atom. The third-order valence-corrected chi connectivity index (χ3v) is 6.61. The molecule has 1 saturated heterocycles. The van der Waals surface area contributed by atoms with Crippen LogP contribution in [0.2, 0.25) is 10.0 Å². The number of hydrogen-bond donors (Lipinski definition) is 1. The van der Waals surface area contributed by atoms with E-state index in [1.54, 1.807) is 6.07 Å². The number of halogens is 2. The predicted octanol–water partition coefficient (Wildman–Crippen LogP) is 3.74.